The summed E-state index contributed by atoms with van der Waals surface area (Å²) in [5.74, 6) is 1.16. The molecule has 0 saturated carbocycles. The molecule has 0 bridgehead atoms. The second-order valence-corrected chi connectivity index (χ2v) is 7.05. The van der Waals surface area contributed by atoms with E-state index in [9.17, 15) is 5.11 Å². The lowest BCUT2D eigenvalue weighted by Gasteiger charge is -2.28. The molecule has 2 rings (SSSR count). The van der Waals surface area contributed by atoms with Crippen molar-refractivity contribution in [2.75, 3.05) is 0 Å². The number of aliphatic hydroxyl groups excluding tert-OH is 1. The minimum Gasteiger partial charge on any atom is -0.459 e. The number of aryl methyl sites for hydroxylation is 1. The molecule has 1 unspecified atom stereocenters. The Morgan fingerprint density at radius 3 is 2.61 bits per heavy atom. The molecule has 1 aromatic heterocycles. The van der Waals surface area contributed by atoms with E-state index in [1.165, 1.54) is 0 Å². The summed E-state index contributed by atoms with van der Waals surface area (Å²) < 4.78 is 6.02. The molecular formula is C19H22ClNO2. The number of ether oxygens (including phenoxy) is 1. The van der Waals surface area contributed by atoms with Crippen molar-refractivity contribution in [1.29, 1.82) is 0 Å². The third-order valence-electron chi connectivity index (χ3n) is 3.45. The highest BCUT2D eigenvalue weighted by Gasteiger charge is 2.28. The number of aliphatic hydroxyl groups is 1. The van der Waals surface area contributed by atoms with E-state index in [1.54, 1.807) is 18.5 Å². The van der Waals surface area contributed by atoms with Crippen LogP contribution in [0.3, 0.4) is 0 Å². The van der Waals surface area contributed by atoms with Crippen molar-refractivity contribution in [1.82, 2.24) is 4.98 Å². The first kappa shape index (κ1) is 17.5. The van der Waals surface area contributed by atoms with Crippen molar-refractivity contribution in [3.8, 4) is 5.75 Å². The molecule has 1 atom stereocenters. The Hall–Kier alpha value is -1.84. The molecular weight excluding hydrogens is 310 g/mol. The van der Waals surface area contributed by atoms with Gasteiger partial charge in [-0.05, 0) is 53.8 Å². The van der Waals surface area contributed by atoms with Gasteiger partial charge in [0.15, 0.2) is 0 Å². The van der Waals surface area contributed by atoms with Crippen molar-refractivity contribution in [3.63, 3.8) is 0 Å². The Morgan fingerprint density at radius 1 is 1.30 bits per heavy atom. The van der Waals surface area contributed by atoms with E-state index in [-0.39, 0.29) is 5.41 Å². The quantitative estimate of drug-likeness (QED) is 0.813. The second kappa shape index (κ2) is 7.16. The summed E-state index contributed by atoms with van der Waals surface area (Å²) in [7, 11) is 0. The number of pyridine rings is 1. The maximum Gasteiger partial charge on any atom is 0.134 e. The van der Waals surface area contributed by atoms with Crippen LogP contribution in [0.15, 0.2) is 48.5 Å². The SMILES string of the molecule is Cc1cc(Cl)ccc1O/C(=C/c1cccnc1)C(O)C(C)(C)C. The lowest BCUT2D eigenvalue weighted by molar-refractivity contribution is 0.0640. The minimum atomic E-state index is -0.752. The van der Waals surface area contributed by atoms with Crippen LogP contribution in [-0.2, 0) is 0 Å². The Labute approximate surface area is 142 Å². The van der Waals surface area contributed by atoms with Crippen molar-refractivity contribution >= 4 is 17.7 Å². The van der Waals surface area contributed by atoms with Gasteiger partial charge in [0.25, 0.3) is 0 Å². The fraction of sp³-hybridized carbons (Fsp3) is 0.316. The zero-order valence-electron chi connectivity index (χ0n) is 13.9. The zero-order chi connectivity index (χ0) is 17.0. The van der Waals surface area contributed by atoms with Gasteiger partial charge in [0.05, 0.1) is 0 Å². The number of hydrogen-bond acceptors (Lipinski definition) is 3. The van der Waals surface area contributed by atoms with Gasteiger partial charge in [0.1, 0.15) is 17.6 Å². The van der Waals surface area contributed by atoms with Crippen LogP contribution in [0.5, 0.6) is 5.75 Å². The molecule has 1 heterocycles. The summed E-state index contributed by atoms with van der Waals surface area (Å²) >= 11 is 5.99. The Morgan fingerprint density at radius 2 is 2.04 bits per heavy atom. The van der Waals surface area contributed by atoms with E-state index in [0.29, 0.717) is 16.5 Å². The standard InChI is InChI=1S/C19H22ClNO2/c1-13-10-15(20)7-8-16(13)23-17(18(22)19(2,3)4)11-14-6-5-9-21-12-14/h5-12,18,22H,1-4H3/b17-11+. The number of halogens is 1. The van der Waals surface area contributed by atoms with Crippen LogP contribution in [0.2, 0.25) is 5.02 Å². The van der Waals surface area contributed by atoms with Crippen LogP contribution >= 0.6 is 11.6 Å². The van der Waals surface area contributed by atoms with Gasteiger partial charge in [-0.2, -0.15) is 0 Å². The molecule has 0 aliphatic carbocycles. The predicted molar refractivity (Wildman–Crippen MR) is 94.5 cm³/mol. The summed E-state index contributed by atoms with van der Waals surface area (Å²) in [6, 6.07) is 9.18. The molecule has 1 N–H and O–H groups in total. The highest BCUT2D eigenvalue weighted by Crippen LogP contribution is 2.30. The van der Waals surface area contributed by atoms with E-state index in [1.807, 2.05) is 58.0 Å². The molecule has 0 saturated heterocycles. The fourth-order valence-corrected chi connectivity index (χ4v) is 2.30. The molecule has 122 valence electrons. The normalized spacial score (nSPS) is 13.7. The van der Waals surface area contributed by atoms with Crippen molar-refractivity contribution in [2.45, 2.75) is 33.8 Å². The Bertz CT molecular complexity index is 690. The van der Waals surface area contributed by atoms with Crippen molar-refractivity contribution < 1.29 is 9.84 Å². The van der Waals surface area contributed by atoms with E-state index < -0.39 is 6.10 Å². The summed E-state index contributed by atoms with van der Waals surface area (Å²) in [4.78, 5) is 4.10. The van der Waals surface area contributed by atoms with Gasteiger partial charge in [0, 0.05) is 17.4 Å². The van der Waals surface area contributed by atoms with E-state index in [2.05, 4.69) is 4.98 Å². The lowest BCUT2D eigenvalue weighted by Crippen LogP contribution is -2.30. The first-order valence-electron chi connectivity index (χ1n) is 7.51. The molecule has 0 fully saturated rings. The lowest BCUT2D eigenvalue weighted by atomic mass is 9.87. The van der Waals surface area contributed by atoms with Gasteiger partial charge in [-0.1, -0.05) is 38.4 Å². The maximum atomic E-state index is 10.7. The van der Waals surface area contributed by atoms with Crippen molar-refractivity contribution in [3.05, 3.63) is 64.6 Å². The van der Waals surface area contributed by atoms with Gasteiger partial charge in [0.2, 0.25) is 0 Å². The van der Waals surface area contributed by atoms with E-state index in [4.69, 9.17) is 16.3 Å². The summed E-state index contributed by atoms with van der Waals surface area (Å²) in [5, 5.41) is 11.3. The minimum absolute atomic E-state index is 0.353. The molecule has 0 radical (unpaired) electrons. The van der Waals surface area contributed by atoms with Gasteiger partial charge in [-0.15, -0.1) is 0 Å². The van der Waals surface area contributed by atoms with Gasteiger partial charge >= 0.3 is 0 Å². The van der Waals surface area contributed by atoms with E-state index >= 15 is 0 Å². The first-order valence-corrected chi connectivity index (χ1v) is 7.89. The second-order valence-electron chi connectivity index (χ2n) is 6.61. The Balaban J connectivity index is 2.39. The monoisotopic (exact) mass is 331 g/mol. The van der Waals surface area contributed by atoms with Gasteiger partial charge < -0.3 is 9.84 Å². The van der Waals surface area contributed by atoms with Crippen LogP contribution in [-0.4, -0.2) is 16.2 Å². The molecule has 0 aliphatic heterocycles. The topological polar surface area (TPSA) is 42.4 Å². The van der Waals surface area contributed by atoms with E-state index in [0.717, 1.165) is 11.1 Å². The third-order valence-corrected chi connectivity index (χ3v) is 3.68. The smallest absolute Gasteiger partial charge is 0.134 e. The highest BCUT2D eigenvalue weighted by molar-refractivity contribution is 6.30. The molecule has 2 aromatic rings. The van der Waals surface area contributed by atoms with Crippen LogP contribution in [0, 0.1) is 12.3 Å². The molecule has 0 spiro atoms. The maximum absolute atomic E-state index is 10.7. The van der Waals surface area contributed by atoms with Crippen LogP contribution in [0.4, 0.5) is 0 Å². The zero-order valence-corrected chi connectivity index (χ0v) is 14.6. The molecule has 23 heavy (non-hydrogen) atoms. The highest BCUT2D eigenvalue weighted by atomic mass is 35.5. The largest absolute Gasteiger partial charge is 0.459 e. The van der Waals surface area contributed by atoms with Crippen LogP contribution < -0.4 is 4.74 Å². The fourth-order valence-electron chi connectivity index (χ4n) is 2.07. The first-order chi connectivity index (χ1) is 10.8. The average molecular weight is 332 g/mol. The van der Waals surface area contributed by atoms with Crippen LogP contribution in [0.1, 0.15) is 31.9 Å². The molecule has 3 nitrogen and oxygen atoms in total. The number of aromatic nitrogens is 1. The summed E-state index contributed by atoms with van der Waals surface area (Å²) in [6.45, 7) is 7.82. The molecule has 0 amide bonds. The average Bonchev–Trinajstić information content (AvgIpc) is 2.48. The van der Waals surface area contributed by atoms with Crippen LogP contribution in [0.25, 0.3) is 6.08 Å². The molecule has 0 aliphatic rings. The number of nitrogens with zero attached hydrogens (tertiary/aromatic N) is 1. The summed E-state index contributed by atoms with van der Waals surface area (Å²) in [5.41, 5.74) is 1.43. The molecule has 4 heteroatoms. The molecule has 1 aromatic carbocycles. The number of hydrogen-bond donors (Lipinski definition) is 1. The number of rotatable bonds is 4. The Kier molecular flexibility index (Phi) is 5.45. The van der Waals surface area contributed by atoms with Gasteiger partial charge in [-0.3, -0.25) is 4.98 Å². The predicted octanol–water partition coefficient (Wildman–Crippen LogP) is 4.87. The third kappa shape index (κ3) is 4.81. The summed E-state index contributed by atoms with van der Waals surface area (Å²) in [6.07, 6.45) is 4.50. The van der Waals surface area contributed by atoms with Gasteiger partial charge in [-0.25, -0.2) is 0 Å². The van der Waals surface area contributed by atoms with Crippen molar-refractivity contribution in [2.24, 2.45) is 5.41 Å². The number of benzene rings is 1.